The molecular formula is C31H29OPRuS+. The van der Waals surface area contributed by atoms with Crippen molar-refractivity contribution < 1.29 is 24.6 Å². The van der Waals surface area contributed by atoms with Gasteiger partial charge in [0.25, 0.3) is 0 Å². The van der Waals surface area contributed by atoms with E-state index in [-0.39, 0.29) is 19.5 Å². The summed E-state index contributed by atoms with van der Waals surface area (Å²) in [5.74, 6) is 2.97. The quantitative estimate of drug-likeness (QED) is 0.0781. The van der Waals surface area contributed by atoms with Gasteiger partial charge in [0.2, 0.25) is 0 Å². The minimum Gasteiger partial charge on any atom is -0.423 e. The van der Waals surface area contributed by atoms with Gasteiger partial charge >= 0.3 is 19.5 Å². The van der Waals surface area contributed by atoms with Crippen LogP contribution in [0, 0.1) is 6.08 Å². The number of rotatable bonds is 9. The summed E-state index contributed by atoms with van der Waals surface area (Å²) in [4.78, 5) is 1.06. The van der Waals surface area contributed by atoms with Crippen LogP contribution in [0.3, 0.4) is 0 Å². The summed E-state index contributed by atoms with van der Waals surface area (Å²) in [6.07, 6.45) is 2.58. The van der Waals surface area contributed by atoms with Gasteiger partial charge in [-0.15, -0.1) is 17.6 Å². The maximum Gasteiger partial charge on any atom is 1.00 e. The number of hydrogen-bond acceptors (Lipinski definition) is 2. The average Bonchev–Trinajstić information content (AvgIpc) is 2.90. The summed E-state index contributed by atoms with van der Waals surface area (Å²) in [5, 5.41) is 15.0. The Morgan fingerprint density at radius 2 is 1.23 bits per heavy atom. The third-order valence-electron chi connectivity index (χ3n) is 5.60. The van der Waals surface area contributed by atoms with E-state index >= 15 is 0 Å². The third-order valence-corrected chi connectivity index (χ3v) is 10.8. The monoisotopic (exact) mass is 582 g/mol. The molecule has 0 aliphatic carbocycles. The fourth-order valence-electron chi connectivity index (χ4n) is 3.97. The van der Waals surface area contributed by atoms with Crippen molar-refractivity contribution in [3.63, 3.8) is 0 Å². The van der Waals surface area contributed by atoms with E-state index in [0.29, 0.717) is 0 Å². The van der Waals surface area contributed by atoms with Gasteiger partial charge in [0.1, 0.15) is 23.2 Å². The first-order valence-corrected chi connectivity index (χ1v) is 14.2. The maximum atomic E-state index is 11.3. The SMILES string of the molecule is C=C(C)CSc1ccccc1C(O)[C-]=C[P+](c1ccccc1)(c1ccccc1)c1ccccc1.[Ru+]. The third kappa shape index (κ3) is 6.49. The molecule has 177 valence electrons. The molecule has 4 rings (SSSR count). The topological polar surface area (TPSA) is 20.2 Å². The zero-order chi connectivity index (χ0) is 23.8. The van der Waals surface area contributed by atoms with Crippen LogP contribution in [0.5, 0.6) is 0 Å². The average molecular weight is 582 g/mol. The van der Waals surface area contributed by atoms with E-state index in [2.05, 4.69) is 97.3 Å². The number of aliphatic hydroxyl groups excluding tert-OH is 1. The van der Waals surface area contributed by atoms with Crippen molar-refractivity contribution in [2.24, 2.45) is 0 Å². The van der Waals surface area contributed by atoms with Crippen LogP contribution in [0.15, 0.2) is 138 Å². The van der Waals surface area contributed by atoms with Crippen molar-refractivity contribution >= 4 is 34.9 Å². The van der Waals surface area contributed by atoms with Crippen molar-refractivity contribution in [1.29, 1.82) is 0 Å². The van der Waals surface area contributed by atoms with E-state index in [1.807, 2.05) is 43.3 Å². The Labute approximate surface area is 227 Å². The summed E-state index contributed by atoms with van der Waals surface area (Å²) >= 11 is 1.70. The molecule has 35 heavy (non-hydrogen) atoms. The smallest absolute Gasteiger partial charge is 0.423 e. The van der Waals surface area contributed by atoms with Crippen molar-refractivity contribution in [1.82, 2.24) is 0 Å². The second-order valence-electron chi connectivity index (χ2n) is 8.21. The first kappa shape index (κ1) is 27.3. The van der Waals surface area contributed by atoms with Crippen LogP contribution in [-0.2, 0) is 19.5 Å². The van der Waals surface area contributed by atoms with Crippen LogP contribution in [0.2, 0.25) is 0 Å². The van der Waals surface area contributed by atoms with Gasteiger partial charge in [-0.05, 0) is 61.1 Å². The molecule has 0 saturated carbocycles. The van der Waals surface area contributed by atoms with Crippen molar-refractivity contribution in [3.05, 3.63) is 145 Å². The Bertz CT molecular complexity index is 1150. The van der Waals surface area contributed by atoms with E-state index in [1.165, 1.54) is 15.9 Å². The van der Waals surface area contributed by atoms with E-state index in [0.717, 1.165) is 21.8 Å². The first-order valence-electron chi connectivity index (χ1n) is 11.3. The minimum absolute atomic E-state index is 0. The molecular weight excluding hydrogens is 552 g/mol. The molecule has 1 nitrogen and oxygen atoms in total. The molecule has 0 aromatic heterocycles. The summed E-state index contributed by atoms with van der Waals surface area (Å²) in [7, 11) is -2.19. The number of aliphatic hydroxyl groups is 1. The normalized spacial score (nSPS) is 12.2. The van der Waals surface area contributed by atoms with E-state index in [4.69, 9.17) is 0 Å². The van der Waals surface area contributed by atoms with Crippen LogP contribution in [0.4, 0.5) is 0 Å². The second-order valence-corrected chi connectivity index (χ2v) is 12.5. The summed E-state index contributed by atoms with van der Waals surface area (Å²) < 4.78 is 0. The first-order chi connectivity index (χ1) is 16.6. The molecule has 0 aliphatic rings. The molecule has 1 atom stereocenters. The van der Waals surface area contributed by atoms with Crippen LogP contribution >= 0.6 is 19.0 Å². The fraction of sp³-hybridized carbons (Fsp3) is 0.0968. The molecule has 0 amide bonds. The predicted octanol–water partition coefficient (Wildman–Crippen LogP) is 6.70. The van der Waals surface area contributed by atoms with Gasteiger partial charge in [0, 0.05) is 10.6 Å². The van der Waals surface area contributed by atoms with Crippen molar-refractivity contribution in [2.45, 2.75) is 17.9 Å². The Morgan fingerprint density at radius 3 is 1.69 bits per heavy atom. The number of hydrogen-bond donors (Lipinski definition) is 1. The van der Waals surface area contributed by atoms with Crippen LogP contribution < -0.4 is 15.9 Å². The van der Waals surface area contributed by atoms with Gasteiger partial charge < -0.3 is 11.2 Å². The Morgan fingerprint density at radius 1 is 0.800 bits per heavy atom. The van der Waals surface area contributed by atoms with Crippen LogP contribution in [0.25, 0.3) is 0 Å². The molecule has 1 radical (unpaired) electrons. The van der Waals surface area contributed by atoms with Gasteiger partial charge in [0.15, 0.2) is 0 Å². The van der Waals surface area contributed by atoms with Gasteiger partial charge in [-0.2, -0.15) is 0 Å². The van der Waals surface area contributed by atoms with Crippen LogP contribution in [0.1, 0.15) is 18.6 Å². The van der Waals surface area contributed by atoms with E-state index < -0.39 is 13.4 Å². The molecule has 0 fully saturated rings. The zero-order valence-corrected chi connectivity index (χ0v) is 23.1. The van der Waals surface area contributed by atoms with Gasteiger partial charge in [0.05, 0.1) is 0 Å². The van der Waals surface area contributed by atoms with Gasteiger partial charge in [-0.3, -0.25) is 0 Å². The molecule has 4 aromatic rings. The molecule has 0 spiro atoms. The molecule has 0 aliphatic heterocycles. The Balaban J connectivity index is 0.00000342. The summed E-state index contributed by atoms with van der Waals surface area (Å²) in [6, 6.07) is 39.8. The standard InChI is InChI=1S/C31H29OPS.Ru/c1-25(2)24-34-31-21-13-12-20-29(31)30(32)22-23-33(26-14-6-3-7-15-26,27-16-8-4-9-17-27)28-18-10-5-11-19-28;/h3-21,23,30,32H,1,24H2,2H3;/q;+1. The van der Waals surface area contributed by atoms with Gasteiger partial charge in [-0.1, -0.05) is 84.9 Å². The predicted molar refractivity (Wildman–Crippen MR) is 150 cm³/mol. The second kappa shape index (κ2) is 13.1. The molecule has 0 bridgehead atoms. The molecule has 1 N–H and O–H groups in total. The molecule has 4 heteroatoms. The Kier molecular flexibility index (Phi) is 10.3. The molecule has 0 heterocycles. The van der Waals surface area contributed by atoms with Crippen molar-refractivity contribution in [2.75, 3.05) is 5.75 Å². The molecule has 0 saturated heterocycles. The summed E-state index contributed by atoms with van der Waals surface area (Å²) in [5.41, 5.74) is 1.98. The Hall–Kier alpha value is -2.28. The van der Waals surface area contributed by atoms with E-state index in [9.17, 15) is 5.11 Å². The van der Waals surface area contributed by atoms with E-state index in [1.54, 1.807) is 11.8 Å². The number of benzene rings is 4. The minimum atomic E-state index is -2.19. The molecule has 4 aromatic carbocycles. The van der Waals surface area contributed by atoms with Gasteiger partial charge in [-0.25, -0.2) is 0 Å². The van der Waals surface area contributed by atoms with Crippen LogP contribution in [-0.4, -0.2) is 10.9 Å². The molecule has 1 unspecified atom stereocenters. The fourth-order valence-corrected chi connectivity index (χ4v) is 8.53. The largest absolute Gasteiger partial charge is 1.00 e. The number of thioether (sulfide) groups is 1. The zero-order valence-electron chi connectivity index (χ0n) is 19.7. The van der Waals surface area contributed by atoms with Crippen molar-refractivity contribution in [3.8, 4) is 0 Å². The maximum absolute atomic E-state index is 11.3. The summed E-state index contributed by atoms with van der Waals surface area (Å²) in [6.45, 7) is 6.04.